The Hall–Kier alpha value is -2.06. The molecule has 0 aromatic heterocycles. The lowest BCUT2D eigenvalue weighted by molar-refractivity contribution is 0.202. The van der Waals surface area contributed by atoms with Gasteiger partial charge in [-0.25, -0.2) is 0 Å². The molecule has 1 N–H and O–H groups in total. The summed E-state index contributed by atoms with van der Waals surface area (Å²) in [5.41, 5.74) is 2.73. The van der Waals surface area contributed by atoms with Crippen LogP contribution in [0.4, 0.5) is 0 Å². The molecular formula is C19H20O2. The average Bonchev–Trinajstić information content (AvgIpc) is 2.52. The minimum atomic E-state index is -0.628. The fraction of sp³-hybridized carbons (Fsp3) is 0.263. The topological polar surface area (TPSA) is 29.5 Å². The van der Waals surface area contributed by atoms with Gasteiger partial charge in [-0.1, -0.05) is 62.2 Å². The van der Waals surface area contributed by atoms with Crippen LogP contribution in [0.15, 0.2) is 48.5 Å². The van der Waals surface area contributed by atoms with Gasteiger partial charge in [-0.15, -0.1) is 0 Å². The van der Waals surface area contributed by atoms with Crippen molar-refractivity contribution in [2.45, 2.75) is 32.3 Å². The number of allylic oxidation sites excluding steroid dienone is 1. The Bertz CT molecular complexity index is 658. The molecule has 0 aliphatic carbocycles. The Balaban J connectivity index is 1.96. The van der Waals surface area contributed by atoms with Crippen LogP contribution in [-0.2, 0) is 0 Å². The first-order valence-electron chi connectivity index (χ1n) is 7.55. The lowest BCUT2D eigenvalue weighted by Gasteiger charge is -2.26. The third-order valence-corrected chi connectivity index (χ3v) is 3.83. The second-order valence-corrected chi connectivity index (χ2v) is 5.35. The molecule has 0 saturated heterocycles. The zero-order valence-corrected chi connectivity index (χ0v) is 12.3. The Morgan fingerprint density at radius 2 is 1.90 bits per heavy atom. The maximum absolute atomic E-state index is 10.7. The first kappa shape index (κ1) is 13.9. The summed E-state index contributed by atoms with van der Waals surface area (Å²) >= 11 is 0. The van der Waals surface area contributed by atoms with Crippen LogP contribution in [0.25, 0.3) is 6.08 Å². The molecule has 2 nitrogen and oxygen atoms in total. The lowest BCUT2D eigenvalue weighted by atomic mass is 9.93. The van der Waals surface area contributed by atoms with Crippen LogP contribution < -0.4 is 4.74 Å². The van der Waals surface area contributed by atoms with Crippen LogP contribution in [-0.4, -0.2) is 5.11 Å². The summed E-state index contributed by atoms with van der Waals surface area (Å²) in [5.74, 6) is 1.49. The van der Waals surface area contributed by atoms with Crippen LogP contribution in [0.3, 0.4) is 0 Å². The van der Waals surface area contributed by atoms with Gasteiger partial charge in [0.1, 0.15) is 17.6 Å². The standard InChI is InChI=1S/C19H20O2/c1-2-3-4-5-9-14-10-8-13-17-18(14)19(20)15-11-6-7-12-16(15)21-17/h5-13,19-20H,2-4H2,1H3/b9-5+. The van der Waals surface area contributed by atoms with E-state index in [2.05, 4.69) is 19.1 Å². The molecule has 3 rings (SSSR count). The van der Waals surface area contributed by atoms with E-state index in [9.17, 15) is 5.11 Å². The molecule has 0 radical (unpaired) electrons. The van der Waals surface area contributed by atoms with E-state index >= 15 is 0 Å². The van der Waals surface area contributed by atoms with Gasteiger partial charge in [0.15, 0.2) is 0 Å². The first-order valence-corrected chi connectivity index (χ1v) is 7.55. The van der Waals surface area contributed by atoms with Gasteiger partial charge in [-0.05, 0) is 24.1 Å². The smallest absolute Gasteiger partial charge is 0.134 e. The van der Waals surface area contributed by atoms with Gasteiger partial charge in [0.2, 0.25) is 0 Å². The van der Waals surface area contributed by atoms with E-state index in [-0.39, 0.29) is 0 Å². The maximum Gasteiger partial charge on any atom is 0.134 e. The fourth-order valence-corrected chi connectivity index (χ4v) is 2.69. The molecule has 21 heavy (non-hydrogen) atoms. The summed E-state index contributed by atoms with van der Waals surface area (Å²) in [6.07, 6.45) is 7.08. The lowest BCUT2D eigenvalue weighted by Crippen LogP contribution is -2.10. The highest BCUT2D eigenvalue weighted by molar-refractivity contribution is 5.63. The number of rotatable bonds is 4. The van der Waals surface area contributed by atoms with Gasteiger partial charge in [0, 0.05) is 11.1 Å². The zero-order valence-electron chi connectivity index (χ0n) is 12.3. The molecule has 108 valence electrons. The van der Waals surface area contributed by atoms with Crippen molar-refractivity contribution >= 4 is 6.08 Å². The summed E-state index contributed by atoms with van der Waals surface area (Å²) < 4.78 is 5.92. The zero-order chi connectivity index (χ0) is 14.7. The van der Waals surface area contributed by atoms with Crippen LogP contribution in [0.5, 0.6) is 11.5 Å². The number of benzene rings is 2. The molecule has 2 heteroatoms. The van der Waals surface area contributed by atoms with Gasteiger partial charge in [0.05, 0.1) is 0 Å². The van der Waals surface area contributed by atoms with E-state index < -0.39 is 6.10 Å². The van der Waals surface area contributed by atoms with E-state index in [0.717, 1.165) is 34.6 Å². The number of ether oxygens (including phenoxy) is 1. The van der Waals surface area contributed by atoms with Crippen molar-refractivity contribution in [2.75, 3.05) is 0 Å². The predicted molar refractivity (Wildman–Crippen MR) is 85.6 cm³/mol. The molecule has 1 heterocycles. The van der Waals surface area contributed by atoms with Gasteiger partial charge in [-0.2, -0.15) is 0 Å². The number of aliphatic hydroxyl groups excluding tert-OH is 1. The predicted octanol–water partition coefficient (Wildman–Crippen LogP) is 5.08. The molecule has 1 unspecified atom stereocenters. The largest absolute Gasteiger partial charge is 0.457 e. The quantitative estimate of drug-likeness (QED) is 0.792. The highest BCUT2D eigenvalue weighted by Crippen LogP contribution is 2.44. The summed E-state index contributed by atoms with van der Waals surface area (Å²) in [6.45, 7) is 2.19. The molecule has 0 spiro atoms. The van der Waals surface area contributed by atoms with E-state index in [1.165, 1.54) is 12.8 Å². The number of unbranched alkanes of at least 4 members (excludes halogenated alkanes) is 2. The second kappa shape index (κ2) is 6.15. The summed E-state index contributed by atoms with van der Waals surface area (Å²) in [6, 6.07) is 13.6. The minimum absolute atomic E-state index is 0.628. The normalized spacial score (nSPS) is 16.4. The molecule has 1 aliphatic rings. The van der Waals surface area contributed by atoms with Gasteiger partial charge in [-0.3, -0.25) is 0 Å². The molecule has 0 saturated carbocycles. The maximum atomic E-state index is 10.7. The Kier molecular flexibility index (Phi) is 4.07. The van der Waals surface area contributed by atoms with E-state index in [0.29, 0.717) is 0 Å². The van der Waals surface area contributed by atoms with Crippen LogP contribution in [0, 0.1) is 0 Å². The van der Waals surface area contributed by atoms with E-state index in [4.69, 9.17) is 4.74 Å². The molecule has 2 aromatic carbocycles. The monoisotopic (exact) mass is 280 g/mol. The Morgan fingerprint density at radius 1 is 1.10 bits per heavy atom. The fourth-order valence-electron chi connectivity index (χ4n) is 2.69. The van der Waals surface area contributed by atoms with Crippen molar-refractivity contribution in [2.24, 2.45) is 0 Å². The molecule has 0 fully saturated rings. The Labute approximate surface area is 125 Å². The average molecular weight is 280 g/mol. The first-order chi connectivity index (χ1) is 10.3. The second-order valence-electron chi connectivity index (χ2n) is 5.35. The van der Waals surface area contributed by atoms with Crippen molar-refractivity contribution < 1.29 is 9.84 Å². The molecule has 1 atom stereocenters. The number of hydrogen-bond donors (Lipinski definition) is 1. The highest BCUT2D eigenvalue weighted by Gasteiger charge is 2.26. The van der Waals surface area contributed by atoms with Crippen molar-refractivity contribution in [3.63, 3.8) is 0 Å². The van der Waals surface area contributed by atoms with Gasteiger partial charge in [0.25, 0.3) is 0 Å². The molecular weight excluding hydrogens is 260 g/mol. The molecule has 0 amide bonds. The molecule has 0 bridgehead atoms. The number of aliphatic hydroxyl groups is 1. The third kappa shape index (κ3) is 2.72. The summed E-state index contributed by atoms with van der Waals surface area (Å²) in [7, 11) is 0. The van der Waals surface area contributed by atoms with Crippen molar-refractivity contribution in [1.82, 2.24) is 0 Å². The summed E-state index contributed by atoms with van der Waals surface area (Å²) in [5, 5.41) is 10.7. The van der Waals surface area contributed by atoms with Gasteiger partial charge >= 0.3 is 0 Å². The third-order valence-electron chi connectivity index (χ3n) is 3.83. The van der Waals surface area contributed by atoms with Crippen LogP contribution in [0.1, 0.15) is 49.0 Å². The van der Waals surface area contributed by atoms with E-state index in [1.54, 1.807) is 0 Å². The van der Waals surface area contributed by atoms with Crippen LogP contribution >= 0.6 is 0 Å². The van der Waals surface area contributed by atoms with Crippen molar-refractivity contribution in [1.29, 1.82) is 0 Å². The number of para-hydroxylation sites is 1. The SMILES string of the molecule is CCCC/C=C/c1cccc2c1C(O)c1ccccc1O2. The van der Waals surface area contributed by atoms with Crippen LogP contribution in [0.2, 0.25) is 0 Å². The summed E-state index contributed by atoms with van der Waals surface area (Å²) in [4.78, 5) is 0. The van der Waals surface area contributed by atoms with Gasteiger partial charge < -0.3 is 9.84 Å². The van der Waals surface area contributed by atoms with Crippen molar-refractivity contribution in [3.8, 4) is 11.5 Å². The number of hydrogen-bond acceptors (Lipinski definition) is 2. The Morgan fingerprint density at radius 3 is 2.76 bits per heavy atom. The number of fused-ring (bicyclic) bond motifs is 2. The highest BCUT2D eigenvalue weighted by atomic mass is 16.5. The molecule has 1 aliphatic heterocycles. The van der Waals surface area contributed by atoms with E-state index in [1.807, 2.05) is 42.5 Å². The molecule has 2 aromatic rings. The van der Waals surface area contributed by atoms with Crippen molar-refractivity contribution in [3.05, 3.63) is 65.2 Å². The minimum Gasteiger partial charge on any atom is -0.457 e.